The van der Waals surface area contributed by atoms with Gasteiger partial charge in [-0.1, -0.05) is 18.9 Å². The number of halogens is 2. The number of likely N-dealkylation sites (tertiary alicyclic amines) is 1. The fourth-order valence-electron chi connectivity index (χ4n) is 3.54. The van der Waals surface area contributed by atoms with Crippen molar-refractivity contribution in [1.29, 1.82) is 0 Å². The van der Waals surface area contributed by atoms with E-state index >= 15 is 0 Å². The van der Waals surface area contributed by atoms with Crippen molar-refractivity contribution in [3.8, 4) is 0 Å². The molecule has 2 aromatic heterocycles. The van der Waals surface area contributed by atoms with Crippen molar-refractivity contribution in [1.82, 2.24) is 14.3 Å². The number of hydrogen-bond donors (Lipinski definition) is 1. The largest absolute Gasteiger partial charge is 0.336 e. The molecule has 0 radical (unpaired) electrons. The molecule has 29 heavy (non-hydrogen) atoms. The van der Waals surface area contributed by atoms with E-state index in [0.717, 1.165) is 37.8 Å². The normalized spacial score (nSPS) is 14.6. The SMILES string of the molecule is O=C(Nc1ccc(F)cc1F)c1nc(C(=O)N2CCCCCC2)n2ccccc12. The van der Waals surface area contributed by atoms with Gasteiger partial charge in [0.1, 0.15) is 11.6 Å². The minimum absolute atomic E-state index is 0.00694. The van der Waals surface area contributed by atoms with Gasteiger partial charge in [0, 0.05) is 25.4 Å². The first-order chi connectivity index (χ1) is 14.0. The molecule has 2 amide bonds. The Morgan fingerprint density at radius 3 is 2.48 bits per heavy atom. The number of hydrogen-bond acceptors (Lipinski definition) is 3. The van der Waals surface area contributed by atoms with Gasteiger partial charge in [0.2, 0.25) is 5.82 Å². The summed E-state index contributed by atoms with van der Waals surface area (Å²) in [7, 11) is 0. The van der Waals surface area contributed by atoms with Gasteiger partial charge < -0.3 is 10.2 Å². The van der Waals surface area contributed by atoms with Crippen molar-refractivity contribution in [2.75, 3.05) is 18.4 Å². The lowest BCUT2D eigenvalue weighted by Gasteiger charge is -2.19. The summed E-state index contributed by atoms with van der Waals surface area (Å²) in [5, 5.41) is 2.41. The molecular weight excluding hydrogens is 378 g/mol. The highest BCUT2D eigenvalue weighted by Gasteiger charge is 2.26. The van der Waals surface area contributed by atoms with Gasteiger partial charge in [-0.3, -0.25) is 14.0 Å². The summed E-state index contributed by atoms with van der Waals surface area (Å²) in [4.78, 5) is 31.9. The topological polar surface area (TPSA) is 66.7 Å². The Bertz CT molecular complexity index is 1070. The molecule has 0 spiro atoms. The lowest BCUT2D eigenvalue weighted by Crippen LogP contribution is -2.33. The number of aromatic nitrogens is 2. The van der Waals surface area contributed by atoms with Crippen LogP contribution in [-0.4, -0.2) is 39.2 Å². The molecule has 1 aromatic carbocycles. The summed E-state index contributed by atoms with van der Waals surface area (Å²) in [5.41, 5.74) is 0.284. The molecule has 0 atom stereocenters. The van der Waals surface area contributed by atoms with Crippen LogP contribution in [0.1, 0.15) is 46.8 Å². The van der Waals surface area contributed by atoms with E-state index in [0.29, 0.717) is 24.7 Å². The number of nitrogens with one attached hydrogen (secondary N) is 1. The molecule has 1 N–H and O–H groups in total. The zero-order chi connectivity index (χ0) is 20.4. The molecule has 3 aromatic rings. The van der Waals surface area contributed by atoms with Crippen LogP contribution < -0.4 is 5.32 Å². The minimum atomic E-state index is -0.886. The number of carbonyl (C=O) groups excluding carboxylic acids is 2. The quantitative estimate of drug-likeness (QED) is 0.728. The third-order valence-corrected chi connectivity index (χ3v) is 5.03. The molecule has 1 fully saturated rings. The molecule has 6 nitrogen and oxygen atoms in total. The van der Waals surface area contributed by atoms with Crippen molar-refractivity contribution in [2.45, 2.75) is 25.7 Å². The fourth-order valence-corrected chi connectivity index (χ4v) is 3.54. The maximum absolute atomic E-state index is 13.9. The van der Waals surface area contributed by atoms with E-state index in [-0.39, 0.29) is 23.1 Å². The molecule has 0 saturated carbocycles. The number of pyridine rings is 1. The van der Waals surface area contributed by atoms with Crippen LogP contribution in [-0.2, 0) is 0 Å². The lowest BCUT2D eigenvalue weighted by molar-refractivity contribution is 0.0748. The van der Waals surface area contributed by atoms with Gasteiger partial charge in [-0.2, -0.15) is 0 Å². The predicted molar refractivity (Wildman–Crippen MR) is 104 cm³/mol. The van der Waals surface area contributed by atoms with Crippen molar-refractivity contribution < 1.29 is 18.4 Å². The molecule has 8 heteroatoms. The highest BCUT2D eigenvalue weighted by atomic mass is 19.1. The Hall–Kier alpha value is -3.29. The molecule has 150 valence electrons. The molecule has 0 unspecified atom stereocenters. The maximum Gasteiger partial charge on any atom is 0.290 e. The highest BCUT2D eigenvalue weighted by Crippen LogP contribution is 2.20. The second-order valence-corrected chi connectivity index (χ2v) is 7.02. The van der Waals surface area contributed by atoms with Gasteiger partial charge in [-0.25, -0.2) is 13.8 Å². The molecule has 1 aliphatic heterocycles. The van der Waals surface area contributed by atoms with Crippen molar-refractivity contribution in [3.63, 3.8) is 0 Å². The van der Waals surface area contributed by atoms with Crippen LogP contribution in [0.15, 0.2) is 42.6 Å². The van der Waals surface area contributed by atoms with E-state index in [1.165, 1.54) is 0 Å². The van der Waals surface area contributed by atoms with E-state index in [1.807, 2.05) is 0 Å². The number of fused-ring (bicyclic) bond motifs is 1. The lowest BCUT2D eigenvalue weighted by atomic mass is 10.2. The zero-order valence-electron chi connectivity index (χ0n) is 15.7. The van der Waals surface area contributed by atoms with E-state index in [1.54, 1.807) is 33.7 Å². The molecule has 3 heterocycles. The first-order valence-electron chi connectivity index (χ1n) is 9.57. The highest BCUT2D eigenvalue weighted by molar-refractivity contribution is 6.09. The molecule has 4 rings (SSSR count). The monoisotopic (exact) mass is 398 g/mol. The smallest absolute Gasteiger partial charge is 0.290 e. The number of rotatable bonds is 3. The summed E-state index contributed by atoms with van der Waals surface area (Å²) in [6.07, 6.45) is 5.72. The number of anilines is 1. The Labute approximate surface area is 166 Å². The Balaban J connectivity index is 1.68. The number of carbonyl (C=O) groups is 2. The van der Waals surface area contributed by atoms with Crippen molar-refractivity contribution in [3.05, 3.63) is 65.7 Å². The number of imidazole rings is 1. The molecule has 0 bridgehead atoms. The van der Waals surface area contributed by atoms with Gasteiger partial charge in [0.25, 0.3) is 11.8 Å². The Morgan fingerprint density at radius 2 is 1.76 bits per heavy atom. The van der Waals surface area contributed by atoms with Gasteiger partial charge in [-0.15, -0.1) is 0 Å². The average molecular weight is 398 g/mol. The van der Waals surface area contributed by atoms with E-state index in [2.05, 4.69) is 10.3 Å². The summed E-state index contributed by atoms with van der Waals surface area (Å²) < 4.78 is 28.6. The van der Waals surface area contributed by atoms with Gasteiger partial charge in [-0.05, 0) is 37.1 Å². The van der Waals surface area contributed by atoms with E-state index in [4.69, 9.17) is 0 Å². The predicted octanol–water partition coefficient (Wildman–Crippen LogP) is 3.88. The standard InChI is InChI=1S/C21H20F2N4O2/c22-14-8-9-16(15(23)13-14)24-20(28)18-17-7-3-6-12-27(17)19(25-18)21(29)26-10-4-1-2-5-11-26/h3,6-9,12-13H,1-2,4-5,10-11H2,(H,24,28). The number of amides is 2. The summed E-state index contributed by atoms with van der Waals surface area (Å²) in [6, 6.07) is 8.03. The number of nitrogens with zero attached hydrogens (tertiary/aromatic N) is 3. The fraction of sp³-hybridized carbons (Fsp3) is 0.286. The second kappa shape index (κ2) is 7.98. The summed E-state index contributed by atoms with van der Waals surface area (Å²) in [6.45, 7) is 1.31. The number of benzene rings is 1. The summed E-state index contributed by atoms with van der Waals surface area (Å²) in [5.74, 6) is -2.39. The van der Waals surface area contributed by atoms with Crippen LogP contribution >= 0.6 is 0 Å². The minimum Gasteiger partial charge on any atom is -0.336 e. The van der Waals surface area contributed by atoms with Crippen LogP contribution in [0.2, 0.25) is 0 Å². The zero-order valence-corrected chi connectivity index (χ0v) is 15.7. The third-order valence-electron chi connectivity index (χ3n) is 5.03. The van der Waals surface area contributed by atoms with Crippen LogP contribution in [0.3, 0.4) is 0 Å². The Kier molecular flexibility index (Phi) is 5.24. The van der Waals surface area contributed by atoms with E-state index in [9.17, 15) is 18.4 Å². The first-order valence-corrected chi connectivity index (χ1v) is 9.57. The average Bonchev–Trinajstić information content (AvgIpc) is 2.89. The molecule has 0 aliphatic carbocycles. The first kappa shape index (κ1) is 19.0. The van der Waals surface area contributed by atoms with Crippen LogP contribution in [0.25, 0.3) is 5.52 Å². The van der Waals surface area contributed by atoms with Crippen LogP contribution in [0.4, 0.5) is 14.5 Å². The maximum atomic E-state index is 13.9. The molecule has 1 aliphatic rings. The third kappa shape index (κ3) is 3.83. The molecular formula is C21H20F2N4O2. The van der Waals surface area contributed by atoms with Crippen molar-refractivity contribution in [2.24, 2.45) is 0 Å². The van der Waals surface area contributed by atoms with Gasteiger partial charge >= 0.3 is 0 Å². The Morgan fingerprint density at radius 1 is 1.00 bits per heavy atom. The summed E-state index contributed by atoms with van der Waals surface area (Å²) >= 11 is 0. The van der Waals surface area contributed by atoms with Crippen molar-refractivity contribution >= 4 is 23.0 Å². The second-order valence-electron chi connectivity index (χ2n) is 7.02. The van der Waals surface area contributed by atoms with Gasteiger partial charge in [0.15, 0.2) is 5.69 Å². The van der Waals surface area contributed by atoms with Gasteiger partial charge in [0.05, 0.1) is 11.2 Å². The van der Waals surface area contributed by atoms with E-state index < -0.39 is 17.5 Å². The van der Waals surface area contributed by atoms with Crippen LogP contribution in [0.5, 0.6) is 0 Å². The molecule has 1 saturated heterocycles. The van der Waals surface area contributed by atoms with Crippen LogP contribution in [0, 0.1) is 11.6 Å².